The van der Waals surface area contributed by atoms with Crippen molar-refractivity contribution in [2.24, 2.45) is 0 Å². The first-order chi connectivity index (χ1) is 15.1. The van der Waals surface area contributed by atoms with Crippen LogP contribution < -0.4 is 10.1 Å². The molecule has 0 fully saturated rings. The predicted octanol–water partition coefficient (Wildman–Crippen LogP) is 3.76. The number of benzene rings is 2. The highest BCUT2D eigenvalue weighted by Crippen LogP contribution is 2.32. The van der Waals surface area contributed by atoms with Crippen molar-refractivity contribution in [2.45, 2.75) is 17.1 Å². The molecule has 2 aromatic carbocycles. The van der Waals surface area contributed by atoms with Gasteiger partial charge in [-0.25, -0.2) is 26.6 Å². The van der Waals surface area contributed by atoms with Crippen molar-refractivity contribution in [3.05, 3.63) is 89.0 Å². The standard InChI is InChI=1S/C22H19F3N2O4S/c1-13-9-19(22(28)26-2)27-11-20(13)31-12-21(17-10-15(24)5-8-18(17)25)32(29,30)16-6-3-14(23)4-7-16/h3-11,21H,12H2,1-2H3,(H,26,28). The molecule has 1 N–H and O–H groups in total. The SMILES string of the molecule is CNC(=O)c1cc(C)c(OCC(c2cc(F)ccc2F)S(=O)(=O)c2ccc(F)cc2)cn1. The van der Waals surface area contributed by atoms with Gasteiger partial charge in [-0.05, 0) is 61.0 Å². The molecule has 168 valence electrons. The number of pyridine rings is 1. The molecule has 0 spiro atoms. The fraction of sp³-hybridized carbons (Fsp3) is 0.182. The van der Waals surface area contributed by atoms with E-state index in [0.717, 1.165) is 42.5 Å². The normalized spacial score (nSPS) is 12.3. The predicted molar refractivity (Wildman–Crippen MR) is 111 cm³/mol. The van der Waals surface area contributed by atoms with Crippen molar-refractivity contribution in [3.63, 3.8) is 0 Å². The van der Waals surface area contributed by atoms with Gasteiger partial charge in [-0.15, -0.1) is 0 Å². The molecule has 0 bridgehead atoms. The maximum Gasteiger partial charge on any atom is 0.269 e. The number of aromatic nitrogens is 1. The summed E-state index contributed by atoms with van der Waals surface area (Å²) >= 11 is 0. The van der Waals surface area contributed by atoms with Crippen LogP contribution in [0.15, 0.2) is 59.6 Å². The van der Waals surface area contributed by atoms with Crippen LogP contribution in [0.3, 0.4) is 0 Å². The molecule has 0 aliphatic heterocycles. The van der Waals surface area contributed by atoms with Crippen molar-refractivity contribution in [2.75, 3.05) is 13.7 Å². The maximum atomic E-state index is 14.5. The Labute approximate surface area is 183 Å². The highest BCUT2D eigenvalue weighted by Gasteiger charge is 2.33. The first-order valence-corrected chi connectivity index (χ1v) is 10.9. The lowest BCUT2D eigenvalue weighted by Crippen LogP contribution is -2.23. The van der Waals surface area contributed by atoms with E-state index in [0.29, 0.717) is 5.56 Å². The number of carbonyl (C=O) groups excluding carboxylic acids is 1. The van der Waals surface area contributed by atoms with E-state index in [4.69, 9.17) is 4.74 Å². The molecule has 1 aromatic heterocycles. The van der Waals surface area contributed by atoms with E-state index < -0.39 is 50.6 Å². The second-order valence-electron chi connectivity index (χ2n) is 6.88. The Kier molecular flexibility index (Phi) is 6.83. The third-order valence-electron chi connectivity index (χ3n) is 4.73. The first kappa shape index (κ1) is 23.3. The lowest BCUT2D eigenvalue weighted by molar-refractivity contribution is 0.0958. The Morgan fingerprint density at radius 3 is 2.34 bits per heavy atom. The number of hydrogen-bond acceptors (Lipinski definition) is 5. The summed E-state index contributed by atoms with van der Waals surface area (Å²) in [6, 6.07) is 7.91. The van der Waals surface area contributed by atoms with Crippen LogP contribution >= 0.6 is 0 Å². The minimum Gasteiger partial charge on any atom is -0.490 e. The summed E-state index contributed by atoms with van der Waals surface area (Å²) in [6.45, 7) is 1.04. The van der Waals surface area contributed by atoms with E-state index in [1.54, 1.807) is 6.92 Å². The number of halogens is 3. The summed E-state index contributed by atoms with van der Waals surface area (Å²) in [6.07, 6.45) is 1.24. The minimum atomic E-state index is -4.30. The monoisotopic (exact) mass is 464 g/mol. The molecule has 0 aliphatic carbocycles. The van der Waals surface area contributed by atoms with E-state index in [1.807, 2.05) is 0 Å². The van der Waals surface area contributed by atoms with Crippen molar-refractivity contribution in [3.8, 4) is 5.75 Å². The number of nitrogens with one attached hydrogen (secondary N) is 1. The van der Waals surface area contributed by atoms with E-state index in [-0.39, 0.29) is 16.3 Å². The zero-order valence-corrected chi connectivity index (χ0v) is 17.9. The second-order valence-corrected chi connectivity index (χ2v) is 9.01. The average Bonchev–Trinajstić information content (AvgIpc) is 2.76. The van der Waals surface area contributed by atoms with Crippen LogP contribution in [0.1, 0.15) is 26.9 Å². The molecule has 3 rings (SSSR count). The molecule has 10 heteroatoms. The molecule has 1 unspecified atom stereocenters. The lowest BCUT2D eigenvalue weighted by Gasteiger charge is -2.20. The zero-order valence-electron chi connectivity index (χ0n) is 17.1. The van der Waals surface area contributed by atoms with Gasteiger partial charge in [0.25, 0.3) is 5.91 Å². The fourth-order valence-corrected chi connectivity index (χ4v) is 4.61. The van der Waals surface area contributed by atoms with Crippen molar-refractivity contribution < 1.29 is 31.1 Å². The summed E-state index contributed by atoms with van der Waals surface area (Å²) in [5, 5.41) is 0.790. The van der Waals surface area contributed by atoms with Gasteiger partial charge in [-0.3, -0.25) is 4.79 Å². The molecule has 3 aromatic rings. The Hall–Kier alpha value is -3.40. The highest BCUT2D eigenvalue weighted by molar-refractivity contribution is 7.91. The van der Waals surface area contributed by atoms with Gasteiger partial charge in [-0.2, -0.15) is 0 Å². The van der Waals surface area contributed by atoms with Crippen LogP contribution in [0.25, 0.3) is 0 Å². The molecular weight excluding hydrogens is 445 g/mol. The Morgan fingerprint density at radius 2 is 1.72 bits per heavy atom. The average molecular weight is 464 g/mol. The van der Waals surface area contributed by atoms with Crippen LogP contribution in [0.5, 0.6) is 5.75 Å². The third kappa shape index (κ3) is 4.91. The van der Waals surface area contributed by atoms with Gasteiger partial charge >= 0.3 is 0 Å². The minimum absolute atomic E-state index is 0.129. The van der Waals surface area contributed by atoms with Gasteiger partial charge in [0.05, 0.1) is 11.1 Å². The zero-order chi connectivity index (χ0) is 23.5. The van der Waals surface area contributed by atoms with Crippen LogP contribution in [0.2, 0.25) is 0 Å². The van der Waals surface area contributed by atoms with E-state index in [2.05, 4.69) is 10.3 Å². The van der Waals surface area contributed by atoms with Crippen molar-refractivity contribution in [1.82, 2.24) is 10.3 Å². The number of carbonyl (C=O) groups is 1. The number of nitrogens with zero attached hydrogens (tertiary/aromatic N) is 1. The first-order valence-electron chi connectivity index (χ1n) is 9.39. The van der Waals surface area contributed by atoms with E-state index in [1.165, 1.54) is 19.3 Å². The van der Waals surface area contributed by atoms with Crippen LogP contribution in [0.4, 0.5) is 13.2 Å². The number of amides is 1. The largest absolute Gasteiger partial charge is 0.490 e. The topological polar surface area (TPSA) is 85.4 Å². The molecule has 32 heavy (non-hydrogen) atoms. The summed E-state index contributed by atoms with van der Waals surface area (Å²) in [7, 11) is -2.85. The quantitative estimate of drug-likeness (QED) is 0.538. The molecular formula is C22H19F3N2O4S. The Bertz CT molecular complexity index is 1250. The van der Waals surface area contributed by atoms with Crippen LogP contribution in [0, 0.1) is 24.4 Å². The van der Waals surface area contributed by atoms with Crippen molar-refractivity contribution in [1.29, 1.82) is 0 Å². The number of aryl methyl sites for hydroxylation is 1. The molecule has 1 amide bonds. The van der Waals surface area contributed by atoms with Crippen LogP contribution in [-0.2, 0) is 9.84 Å². The van der Waals surface area contributed by atoms with Crippen LogP contribution in [-0.4, -0.2) is 33.0 Å². The number of rotatable bonds is 7. The highest BCUT2D eigenvalue weighted by atomic mass is 32.2. The Balaban J connectivity index is 1.99. The molecule has 1 atom stereocenters. The van der Waals surface area contributed by atoms with Gasteiger partial charge in [0.15, 0.2) is 9.84 Å². The summed E-state index contributed by atoms with van der Waals surface area (Å²) < 4.78 is 73.7. The summed E-state index contributed by atoms with van der Waals surface area (Å²) in [5.41, 5.74) is 0.183. The molecule has 0 radical (unpaired) electrons. The summed E-state index contributed by atoms with van der Waals surface area (Å²) in [4.78, 5) is 15.4. The van der Waals surface area contributed by atoms with Crippen molar-refractivity contribution >= 4 is 15.7 Å². The maximum absolute atomic E-state index is 14.5. The molecule has 0 saturated carbocycles. The number of sulfone groups is 1. The van der Waals surface area contributed by atoms with E-state index in [9.17, 15) is 26.4 Å². The van der Waals surface area contributed by atoms with Gasteiger partial charge in [0.2, 0.25) is 0 Å². The van der Waals surface area contributed by atoms with Gasteiger partial charge in [0, 0.05) is 12.6 Å². The fourth-order valence-electron chi connectivity index (χ4n) is 3.01. The summed E-state index contributed by atoms with van der Waals surface area (Å²) in [5.74, 6) is -2.66. The number of hydrogen-bond donors (Lipinski definition) is 1. The van der Waals surface area contributed by atoms with Gasteiger partial charge in [0.1, 0.15) is 40.8 Å². The van der Waals surface area contributed by atoms with E-state index >= 15 is 0 Å². The molecule has 1 heterocycles. The Morgan fingerprint density at radius 1 is 1.06 bits per heavy atom. The smallest absolute Gasteiger partial charge is 0.269 e. The molecule has 0 aliphatic rings. The number of ether oxygens (including phenoxy) is 1. The lowest BCUT2D eigenvalue weighted by atomic mass is 10.1. The van der Waals surface area contributed by atoms with Gasteiger partial charge < -0.3 is 10.1 Å². The van der Waals surface area contributed by atoms with Gasteiger partial charge in [-0.1, -0.05) is 0 Å². The molecule has 6 nitrogen and oxygen atoms in total. The third-order valence-corrected chi connectivity index (χ3v) is 6.80. The molecule has 0 saturated heterocycles. The second kappa shape index (κ2) is 9.39.